The van der Waals surface area contributed by atoms with E-state index in [9.17, 15) is 19.6 Å². The second kappa shape index (κ2) is 14.3. The summed E-state index contributed by atoms with van der Waals surface area (Å²) in [6.07, 6.45) is 5.62. The number of thioether (sulfide) groups is 1. The van der Waals surface area contributed by atoms with Crippen LogP contribution >= 0.6 is 39.0 Å². The Kier molecular flexibility index (Phi) is 10.1. The number of hydrogen-bond acceptors (Lipinski definition) is 6. The molecule has 10 heteroatoms. The topological polar surface area (TPSA) is 111 Å². The molecule has 0 radical (unpaired) electrons. The number of nitrogens with one attached hydrogen (secondary N) is 3. The number of amides is 3. The van der Waals surface area contributed by atoms with E-state index in [4.69, 9.17) is 0 Å². The third-order valence-electron chi connectivity index (χ3n) is 6.69. The second-order valence-corrected chi connectivity index (χ2v) is 12.8. The summed E-state index contributed by atoms with van der Waals surface area (Å²) in [4.78, 5) is 41.1. The molecule has 0 spiro atoms. The molecule has 3 aromatic carbocycles. The Balaban J connectivity index is 1.26. The number of anilines is 2. The number of benzene rings is 3. The number of hydrogen-bond donors (Lipinski definition) is 3. The fourth-order valence-corrected chi connectivity index (χ4v) is 7.08. The van der Waals surface area contributed by atoms with Gasteiger partial charge < -0.3 is 16.0 Å². The molecule has 7 nitrogen and oxygen atoms in total. The summed E-state index contributed by atoms with van der Waals surface area (Å²) in [5, 5.41) is 18.8. The Labute approximate surface area is 266 Å². The molecule has 1 aliphatic rings. The van der Waals surface area contributed by atoms with Crippen molar-refractivity contribution in [2.24, 2.45) is 0 Å². The lowest BCUT2D eigenvalue weighted by Crippen LogP contribution is -2.30. The van der Waals surface area contributed by atoms with Gasteiger partial charge in [-0.25, -0.2) is 0 Å². The van der Waals surface area contributed by atoms with Crippen molar-refractivity contribution in [1.82, 2.24) is 5.32 Å². The zero-order valence-electron chi connectivity index (χ0n) is 23.0. The number of aryl methyl sites for hydroxylation is 1. The van der Waals surface area contributed by atoms with Crippen LogP contribution in [0.5, 0.6) is 0 Å². The molecule has 0 atom stereocenters. The van der Waals surface area contributed by atoms with Crippen LogP contribution in [0.3, 0.4) is 0 Å². The van der Waals surface area contributed by atoms with E-state index < -0.39 is 11.8 Å². The fourth-order valence-electron chi connectivity index (χ4n) is 4.65. The number of nitriles is 1. The SMILES string of the molecule is N#Cc1c(NC(=O)CSc2cccc(NC(=O)/C(=C\c3cccc(Br)c3)NC(=O)c3ccccc3)c2)sc2c1CCCC2. The van der Waals surface area contributed by atoms with E-state index >= 15 is 0 Å². The van der Waals surface area contributed by atoms with E-state index in [2.05, 4.69) is 37.9 Å². The van der Waals surface area contributed by atoms with Crippen molar-refractivity contribution in [2.75, 3.05) is 16.4 Å². The van der Waals surface area contributed by atoms with Crippen molar-refractivity contribution in [3.63, 3.8) is 0 Å². The first-order valence-corrected chi connectivity index (χ1v) is 16.2. The minimum Gasteiger partial charge on any atom is -0.321 e. The maximum Gasteiger partial charge on any atom is 0.272 e. The standard InChI is InChI=1S/C33H27BrN4O3S2/c34-23-11-6-8-21(16-23)17-28(37-31(40)22-9-2-1-3-10-22)32(41)36-24-12-7-13-25(18-24)42-20-30(39)38-33-27(19-35)26-14-4-5-15-29(26)43-33/h1-3,6-13,16-18H,4-5,14-15,20H2,(H,36,41)(H,37,40)(H,38,39)/b28-17+. The van der Waals surface area contributed by atoms with Crippen molar-refractivity contribution in [3.05, 3.63) is 116 Å². The van der Waals surface area contributed by atoms with Crippen molar-refractivity contribution in [3.8, 4) is 6.07 Å². The van der Waals surface area contributed by atoms with Crippen LogP contribution < -0.4 is 16.0 Å². The lowest BCUT2D eigenvalue weighted by atomic mass is 9.96. The van der Waals surface area contributed by atoms with E-state index in [0.29, 0.717) is 21.8 Å². The Bertz CT molecular complexity index is 1740. The average Bonchev–Trinajstić information content (AvgIpc) is 3.37. The average molecular weight is 672 g/mol. The van der Waals surface area contributed by atoms with Crippen LogP contribution in [-0.4, -0.2) is 23.5 Å². The molecule has 0 aliphatic heterocycles. The molecule has 5 rings (SSSR count). The summed E-state index contributed by atoms with van der Waals surface area (Å²) in [6.45, 7) is 0. The largest absolute Gasteiger partial charge is 0.321 e. The van der Waals surface area contributed by atoms with Gasteiger partial charge in [0.1, 0.15) is 16.8 Å². The molecular weight excluding hydrogens is 644 g/mol. The molecular formula is C33H27BrN4O3S2. The normalized spacial score (nSPS) is 12.5. The van der Waals surface area contributed by atoms with Crippen molar-refractivity contribution in [2.45, 2.75) is 30.6 Å². The molecule has 0 saturated heterocycles. The highest BCUT2D eigenvalue weighted by molar-refractivity contribution is 9.10. The van der Waals surface area contributed by atoms with Crippen molar-refractivity contribution < 1.29 is 14.4 Å². The minimum atomic E-state index is -0.491. The zero-order chi connectivity index (χ0) is 30.2. The maximum absolute atomic E-state index is 13.4. The molecule has 1 heterocycles. The Hall–Kier alpha value is -4.17. The first kappa shape index (κ1) is 30.3. The van der Waals surface area contributed by atoms with E-state index in [1.54, 1.807) is 48.5 Å². The number of rotatable bonds is 9. The minimum absolute atomic E-state index is 0.0799. The van der Waals surface area contributed by atoms with Gasteiger partial charge in [0.25, 0.3) is 11.8 Å². The summed E-state index contributed by atoms with van der Waals surface area (Å²) >= 11 is 6.27. The van der Waals surface area contributed by atoms with Gasteiger partial charge in [0.05, 0.1) is 11.3 Å². The summed E-state index contributed by atoms with van der Waals surface area (Å²) < 4.78 is 0.840. The Morgan fingerprint density at radius 3 is 2.53 bits per heavy atom. The molecule has 1 aromatic heterocycles. The Morgan fingerprint density at radius 2 is 1.74 bits per heavy atom. The van der Waals surface area contributed by atoms with Gasteiger partial charge in [-0.05, 0) is 85.4 Å². The maximum atomic E-state index is 13.4. The number of halogens is 1. The summed E-state index contributed by atoms with van der Waals surface area (Å²) in [5.74, 6) is -0.947. The molecule has 43 heavy (non-hydrogen) atoms. The molecule has 0 unspecified atom stereocenters. The number of carbonyl (C=O) groups is 3. The second-order valence-electron chi connectivity index (χ2n) is 9.78. The van der Waals surface area contributed by atoms with Gasteiger partial charge in [-0.2, -0.15) is 5.26 Å². The number of fused-ring (bicyclic) bond motifs is 1. The van der Waals surface area contributed by atoms with Gasteiger partial charge in [-0.1, -0.05) is 52.3 Å². The van der Waals surface area contributed by atoms with E-state index in [1.165, 1.54) is 28.0 Å². The van der Waals surface area contributed by atoms with Crippen LogP contribution in [-0.2, 0) is 22.4 Å². The van der Waals surface area contributed by atoms with Gasteiger partial charge in [0.2, 0.25) is 5.91 Å². The number of carbonyl (C=O) groups excluding carboxylic acids is 3. The third kappa shape index (κ3) is 8.02. The van der Waals surface area contributed by atoms with Crippen LogP contribution in [0.2, 0.25) is 0 Å². The number of nitrogens with zero attached hydrogens (tertiary/aromatic N) is 1. The molecule has 3 amide bonds. The van der Waals surface area contributed by atoms with Crippen LogP contribution in [0, 0.1) is 11.3 Å². The smallest absolute Gasteiger partial charge is 0.272 e. The van der Waals surface area contributed by atoms with Gasteiger partial charge in [-0.3, -0.25) is 14.4 Å². The third-order valence-corrected chi connectivity index (χ3v) is 9.38. The fraction of sp³-hybridized carbons (Fsp3) is 0.152. The molecule has 3 N–H and O–H groups in total. The predicted molar refractivity (Wildman–Crippen MR) is 176 cm³/mol. The highest BCUT2D eigenvalue weighted by Gasteiger charge is 2.22. The van der Waals surface area contributed by atoms with Gasteiger partial charge in [0, 0.05) is 25.5 Å². The Morgan fingerprint density at radius 1 is 0.953 bits per heavy atom. The first-order valence-electron chi connectivity index (χ1n) is 13.6. The first-order chi connectivity index (χ1) is 20.9. The monoisotopic (exact) mass is 670 g/mol. The van der Waals surface area contributed by atoms with Gasteiger partial charge >= 0.3 is 0 Å². The van der Waals surface area contributed by atoms with Crippen LogP contribution in [0.1, 0.15) is 44.8 Å². The van der Waals surface area contributed by atoms with Crippen LogP contribution in [0.25, 0.3) is 6.08 Å². The van der Waals surface area contributed by atoms with E-state index in [0.717, 1.165) is 46.2 Å². The summed E-state index contributed by atoms with van der Waals surface area (Å²) in [5.41, 5.74) is 3.43. The van der Waals surface area contributed by atoms with Crippen molar-refractivity contribution in [1.29, 1.82) is 5.26 Å². The summed E-state index contributed by atoms with van der Waals surface area (Å²) in [6, 6.07) is 25.5. The van der Waals surface area contributed by atoms with Crippen LogP contribution in [0.15, 0.2) is 93.9 Å². The highest BCUT2D eigenvalue weighted by atomic mass is 79.9. The predicted octanol–water partition coefficient (Wildman–Crippen LogP) is 7.40. The van der Waals surface area contributed by atoms with Gasteiger partial charge in [0.15, 0.2) is 0 Å². The van der Waals surface area contributed by atoms with E-state index in [1.807, 2.05) is 36.4 Å². The zero-order valence-corrected chi connectivity index (χ0v) is 26.2. The molecule has 216 valence electrons. The van der Waals surface area contributed by atoms with Crippen LogP contribution in [0.4, 0.5) is 10.7 Å². The lowest BCUT2D eigenvalue weighted by Gasteiger charge is -2.12. The van der Waals surface area contributed by atoms with Crippen molar-refractivity contribution >= 4 is 73.5 Å². The molecule has 0 fully saturated rings. The highest BCUT2D eigenvalue weighted by Crippen LogP contribution is 2.37. The number of thiophene rings is 1. The molecule has 4 aromatic rings. The summed E-state index contributed by atoms with van der Waals surface area (Å²) in [7, 11) is 0. The van der Waals surface area contributed by atoms with E-state index in [-0.39, 0.29) is 17.4 Å². The lowest BCUT2D eigenvalue weighted by molar-refractivity contribution is -0.114. The molecule has 0 bridgehead atoms. The quantitative estimate of drug-likeness (QED) is 0.127. The molecule has 1 aliphatic carbocycles. The van der Waals surface area contributed by atoms with Gasteiger partial charge in [-0.15, -0.1) is 23.1 Å². The molecule has 0 saturated carbocycles.